The van der Waals surface area contributed by atoms with Crippen molar-refractivity contribution in [3.63, 3.8) is 0 Å². The maximum absolute atomic E-state index is 12.8. The van der Waals surface area contributed by atoms with Gasteiger partial charge in [-0.1, -0.05) is 12.1 Å². The average molecular weight is 351 g/mol. The molecule has 8 heteroatoms. The number of anilines is 2. The molecule has 26 heavy (non-hydrogen) atoms. The summed E-state index contributed by atoms with van der Waals surface area (Å²) in [5.41, 5.74) is 2.43. The van der Waals surface area contributed by atoms with Crippen molar-refractivity contribution in [2.24, 2.45) is 0 Å². The number of carbonyl (C=O) groups is 1. The summed E-state index contributed by atoms with van der Waals surface area (Å²) in [6.45, 7) is 1.67. The largest absolute Gasteiger partial charge is 0.371 e. The van der Waals surface area contributed by atoms with Gasteiger partial charge in [-0.25, -0.2) is 4.98 Å². The molecule has 0 aliphatic carbocycles. The van der Waals surface area contributed by atoms with Gasteiger partial charge >= 0.3 is 0 Å². The minimum Gasteiger partial charge on any atom is -0.371 e. The summed E-state index contributed by atoms with van der Waals surface area (Å²) in [6.07, 6.45) is 2.09. The number of benzene rings is 2. The van der Waals surface area contributed by atoms with Crippen LogP contribution in [-0.2, 0) is 0 Å². The zero-order valence-corrected chi connectivity index (χ0v) is 13.9. The molecule has 0 atom stereocenters. The highest BCUT2D eigenvalue weighted by atomic mass is 16.6. The number of imidazole rings is 1. The molecule has 1 aliphatic heterocycles. The van der Waals surface area contributed by atoms with Gasteiger partial charge in [0.25, 0.3) is 11.6 Å². The number of hydrogen-bond acceptors (Lipinski definition) is 5. The highest BCUT2D eigenvalue weighted by Crippen LogP contribution is 2.29. The van der Waals surface area contributed by atoms with Gasteiger partial charge in [0.05, 0.1) is 27.2 Å². The Bertz CT molecular complexity index is 958. The Balaban J connectivity index is 1.68. The molecular formula is C18H17N5O3. The summed E-state index contributed by atoms with van der Waals surface area (Å²) >= 11 is 0. The Kier molecular flexibility index (Phi) is 4.00. The van der Waals surface area contributed by atoms with Crippen molar-refractivity contribution in [1.29, 1.82) is 0 Å². The van der Waals surface area contributed by atoms with Crippen LogP contribution in [0.2, 0.25) is 0 Å². The number of aromatic nitrogens is 2. The SMILES string of the molecule is O=C(Nc1nc2ccccc2[nH]1)c1cc([N+](=O)[O-])ccc1N1CCCC1. The van der Waals surface area contributed by atoms with Crippen LogP contribution in [0.15, 0.2) is 42.5 Å². The fraction of sp³-hybridized carbons (Fsp3) is 0.222. The lowest BCUT2D eigenvalue weighted by Gasteiger charge is -2.20. The van der Waals surface area contributed by atoms with Crippen LogP contribution in [0.5, 0.6) is 0 Å². The van der Waals surface area contributed by atoms with E-state index in [0.717, 1.165) is 37.0 Å². The summed E-state index contributed by atoms with van der Waals surface area (Å²) in [5.74, 6) is -0.107. The lowest BCUT2D eigenvalue weighted by Crippen LogP contribution is -2.23. The number of nitro groups is 1. The van der Waals surface area contributed by atoms with Gasteiger partial charge in [-0.3, -0.25) is 20.2 Å². The molecule has 0 radical (unpaired) electrons. The molecule has 1 fully saturated rings. The molecule has 0 bridgehead atoms. The van der Waals surface area contributed by atoms with Gasteiger partial charge in [-0.2, -0.15) is 0 Å². The first-order valence-electron chi connectivity index (χ1n) is 8.41. The van der Waals surface area contributed by atoms with Crippen LogP contribution in [0.25, 0.3) is 11.0 Å². The molecule has 0 saturated carbocycles. The van der Waals surface area contributed by atoms with E-state index in [0.29, 0.717) is 11.6 Å². The first kappa shape index (κ1) is 16.1. The first-order chi connectivity index (χ1) is 12.6. The molecule has 1 aromatic heterocycles. The zero-order valence-electron chi connectivity index (χ0n) is 13.9. The van der Waals surface area contributed by atoms with E-state index in [9.17, 15) is 14.9 Å². The summed E-state index contributed by atoms with van der Waals surface area (Å²) < 4.78 is 0. The number of rotatable bonds is 4. The van der Waals surface area contributed by atoms with E-state index in [-0.39, 0.29) is 11.3 Å². The third-order valence-electron chi connectivity index (χ3n) is 4.50. The molecule has 4 rings (SSSR count). The first-order valence-corrected chi connectivity index (χ1v) is 8.41. The van der Waals surface area contributed by atoms with Crippen molar-refractivity contribution in [3.8, 4) is 0 Å². The Morgan fingerprint density at radius 2 is 1.96 bits per heavy atom. The van der Waals surface area contributed by atoms with Crippen LogP contribution in [0.3, 0.4) is 0 Å². The molecule has 2 heterocycles. The van der Waals surface area contributed by atoms with Crippen molar-refractivity contribution >= 4 is 34.3 Å². The van der Waals surface area contributed by atoms with E-state index >= 15 is 0 Å². The Morgan fingerprint density at radius 3 is 2.69 bits per heavy atom. The van der Waals surface area contributed by atoms with E-state index < -0.39 is 10.8 Å². The summed E-state index contributed by atoms with van der Waals surface area (Å²) in [7, 11) is 0. The molecule has 1 amide bonds. The fourth-order valence-electron chi connectivity index (χ4n) is 3.24. The molecule has 132 valence electrons. The number of non-ortho nitro benzene ring substituents is 1. The Hall–Kier alpha value is -3.42. The molecule has 1 aliphatic rings. The second-order valence-electron chi connectivity index (χ2n) is 6.21. The molecule has 2 N–H and O–H groups in total. The number of fused-ring (bicyclic) bond motifs is 1. The summed E-state index contributed by atoms with van der Waals surface area (Å²) in [4.78, 5) is 32.9. The standard InChI is InChI=1S/C18H17N5O3/c24-17(21-18-19-14-5-1-2-6-15(14)20-18)13-11-12(23(25)26)7-8-16(13)22-9-3-4-10-22/h1-2,5-8,11H,3-4,9-10H2,(H2,19,20,21,24). The number of H-pyrrole nitrogens is 1. The number of nitrogens with zero attached hydrogens (tertiary/aromatic N) is 3. The van der Waals surface area contributed by atoms with Crippen LogP contribution in [0.4, 0.5) is 17.3 Å². The van der Waals surface area contributed by atoms with Crippen LogP contribution in [0.1, 0.15) is 23.2 Å². The molecular weight excluding hydrogens is 334 g/mol. The second-order valence-corrected chi connectivity index (χ2v) is 6.21. The van der Waals surface area contributed by atoms with E-state index in [1.807, 2.05) is 24.3 Å². The van der Waals surface area contributed by atoms with E-state index in [4.69, 9.17) is 0 Å². The maximum atomic E-state index is 12.8. The third kappa shape index (κ3) is 2.97. The lowest BCUT2D eigenvalue weighted by atomic mass is 10.1. The van der Waals surface area contributed by atoms with Gasteiger partial charge < -0.3 is 9.88 Å². The quantitative estimate of drug-likeness (QED) is 0.554. The van der Waals surface area contributed by atoms with Crippen molar-refractivity contribution in [3.05, 3.63) is 58.1 Å². The van der Waals surface area contributed by atoms with Crippen molar-refractivity contribution in [2.75, 3.05) is 23.3 Å². The minimum absolute atomic E-state index is 0.109. The monoisotopic (exact) mass is 351 g/mol. The average Bonchev–Trinajstić information content (AvgIpc) is 3.30. The number of aromatic amines is 1. The Morgan fingerprint density at radius 1 is 1.19 bits per heavy atom. The highest BCUT2D eigenvalue weighted by Gasteiger charge is 2.23. The molecule has 3 aromatic rings. The molecule has 2 aromatic carbocycles. The minimum atomic E-state index is -0.494. The number of carbonyl (C=O) groups excluding carboxylic acids is 1. The number of para-hydroxylation sites is 2. The number of nitrogens with one attached hydrogen (secondary N) is 2. The van der Waals surface area contributed by atoms with Crippen LogP contribution in [0, 0.1) is 10.1 Å². The molecule has 0 spiro atoms. The zero-order chi connectivity index (χ0) is 18.1. The number of nitro benzene ring substituents is 1. The highest BCUT2D eigenvalue weighted by molar-refractivity contribution is 6.08. The smallest absolute Gasteiger partial charge is 0.270 e. The number of amides is 1. The maximum Gasteiger partial charge on any atom is 0.270 e. The van der Waals surface area contributed by atoms with E-state index in [2.05, 4.69) is 20.2 Å². The second kappa shape index (κ2) is 6.47. The van der Waals surface area contributed by atoms with Crippen LogP contribution in [-0.4, -0.2) is 33.9 Å². The van der Waals surface area contributed by atoms with Gasteiger partial charge in [-0.15, -0.1) is 0 Å². The normalized spacial score (nSPS) is 13.9. The van der Waals surface area contributed by atoms with Crippen molar-refractivity contribution in [2.45, 2.75) is 12.8 Å². The van der Waals surface area contributed by atoms with Crippen LogP contribution < -0.4 is 10.2 Å². The topological polar surface area (TPSA) is 104 Å². The van der Waals surface area contributed by atoms with Gasteiger partial charge in [0.2, 0.25) is 5.95 Å². The van der Waals surface area contributed by atoms with Gasteiger partial charge in [-0.05, 0) is 31.0 Å². The third-order valence-corrected chi connectivity index (χ3v) is 4.50. The fourth-order valence-corrected chi connectivity index (χ4v) is 3.24. The number of hydrogen-bond donors (Lipinski definition) is 2. The Labute approximate surface area is 149 Å². The lowest BCUT2D eigenvalue weighted by molar-refractivity contribution is -0.384. The van der Waals surface area contributed by atoms with E-state index in [1.54, 1.807) is 6.07 Å². The van der Waals surface area contributed by atoms with Crippen molar-refractivity contribution < 1.29 is 9.72 Å². The van der Waals surface area contributed by atoms with Crippen molar-refractivity contribution in [1.82, 2.24) is 9.97 Å². The van der Waals surface area contributed by atoms with E-state index in [1.165, 1.54) is 12.1 Å². The van der Waals surface area contributed by atoms with Gasteiger partial charge in [0.15, 0.2) is 0 Å². The molecule has 1 saturated heterocycles. The van der Waals surface area contributed by atoms with Gasteiger partial charge in [0.1, 0.15) is 0 Å². The molecule has 0 unspecified atom stereocenters. The van der Waals surface area contributed by atoms with Gasteiger partial charge in [0, 0.05) is 25.2 Å². The summed E-state index contributed by atoms with van der Waals surface area (Å²) in [6, 6.07) is 11.8. The summed E-state index contributed by atoms with van der Waals surface area (Å²) in [5, 5.41) is 13.8. The van der Waals surface area contributed by atoms with Crippen LogP contribution >= 0.6 is 0 Å². The molecule has 8 nitrogen and oxygen atoms in total. The predicted molar refractivity (Wildman–Crippen MR) is 98.6 cm³/mol. The predicted octanol–water partition coefficient (Wildman–Crippen LogP) is 3.32.